The Hall–Kier alpha value is -2.48. The number of rotatable bonds is 2. The first-order valence-electron chi connectivity index (χ1n) is 6.20. The molecule has 3 aromatic rings. The Kier molecular flexibility index (Phi) is 2.84. The van der Waals surface area contributed by atoms with Gasteiger partial charge in [-0.2, -0.15) is 0 Å². The van der Waals surface area contributed by atoms with Gasteiger partial charge >= 0.3 is 0 Å². The van der Waals surface area contributed by atoms with Gasteiger partial charge in [0.25, 0.3) is 0 Å². The number of carbonyl (C=O) groups is 1. The lowest BCUT2D eigenvalue weighted by molar-refractivity contribution is 0.112. The molecule has 2 aromatic carbocycles. The van der Waals surface area contributed by atoms with E-state index in [1.165, 1.54) is 0 Å². The van der Waals surface area contributed by atoms with Crippen LogP contribution in [0.5, 0.6) is 0 Å². The Morgan fingerprint density at radius 2 is 1.79 bits per heavy atom. The van der Waals surface area contributed by atoms with Gasteiger partial charge in [-0.1, -0.05) is 42.0 Å². The number of aryl methyl sites for hydroxylation is 1. The second-order valence-electron chi connectivity index (χ2n) is 4.60. The highest BCUT2D eigenvalue weighted by Crippen LogP contribution is 2.24. The van der Waals surface area contributed by atoms with Crippen molar-refractivity contribution in [2.75, 3.05) is 0 Å². The first kappa shape index (κ1) is 11.6. The average molecular weight is 247 g/mol. The highest BCUT2D eigenvalue weighted by molar-refractivity contribution is 5.98. The summed E-state index contributed by atoms with van der Waals surface area (Å²) >= 11 is 0. The Labute approximate surface area is 111 Å². The van der Waals surface area contributed by atoms with Gasteiger partial charge in [0.05, 0.1) is 11.2 Å². The normalized spacial score (nSPS) is 10.6. The number of carbonyl (C=O) groups excluding carboxylic acids is 1. The van der Waals surface area contributed by atoms with Crippen molar-refractivity contribution >= 4 is 17.2 Å². The Morgan fingerprint density at radius 3 is 2.53 bits per heavy atom. The van der Waals surface area contributed by atoms with E-state index >= 15 is 0 Å². The quantitative estimate of drug-likeness (QED) is 0.640. The molecule has 0 radical (unpaired) electrons. The van der Waals surface area contributed by atoms with Crippen molar-refractivity contribution in [3.63, 3.8) is 0 Å². The van der Waals surface area contributed by atoms with E-state index in [-0.39, 0.29) is 0 Å². The van der Waals surface area contributed by atoms with E-state index in [2.05, 4.69) is 4.98 Å². The third-order valence-corrected chi connectivity index (χ3v) is 3.19. The summed E-state index contributed by atoms with van der Waals surface area (Å²) in [5.41, 5.74) is 4.53. The number of fused-ring (bicyclic) bond motifs is 1. The van der Waals surface area contributed by atoms with Crippen molar-refractivity contribution < 1.29 is 4.79 Å². The maximum atomic E-state index is 11.3. The van der Waals surface area contributed by atoms with Gasteiger partial charge in [0, 0.05) is 16.5 Å². The minimum absolute atomic E-state index is 0.688. The van der Waals surface area contributed by atoms with Gasteiger partial charge in [0.2, 0.25) is 0 Å². The fourth-order valence-electron chi connectivity index (χ4n) is 2.22. The van der Waals surface area contributed by atoms with Crippen LogP contribution in [0, 0.1) is 6.92 Å². The fraction of sp³-hybridized carbons (Fsp3) is 0.0588. The second-order valence-corrected chi connectivity index (χ2v) is 4.60. The molecule has 0 aliphatic carbocycles. The molecule has 0 amide bonds. The Morgan fingerprint density at radius 1 is 1.00 bits per heavy atom. The predicted molar refractivity (Wildman–Crippen MR) is 77.3 cm³/mol. The van der Waals surface area contributed by atoms with Gasteiger partial charge in [-0.15, -0.1) is 0 Å². The molecule has 2 nitrogen and oxygen atoms in total. The van der Waals surface area contributed by atoms with Crippen molar-refractivity contribution in [2.45, 2.75) is 6.92 Å². The van der Waals surface area contributed by atoms with Crippen LogP contribution >= 0.6 is 0 Å². The smallest absolute Gasteiger partial charge is 0.150 e. The van der Waals surface area contributed by atoms with Crippen LogP contribution in [0.4, 0.5) is 0 Å². The largest absolute Gasteiger partial charge is 0.298 e. The number of hydrogen-bond acceptors (Lipinski definition) is 2. The summed E-state index contributed by atoms with van der Waals surface area (Å²) in [6, 6.07) is 17.7. The molecule has 1 heterocycles. The standard InChI is InChI=1S/C17H13NO/c1-12-7-8-16-15(9-12)14(11-19)10-17(18-16)13-5-3-2-4-6-13/h2-11H,1H3. The third kappa shape index (κ3) is 2.13. The van der Waals surface area contributed by atoms with E-state index in [0.29, 0.717) is 5.56 Å². The van der Waals surface area contributed by atoms with E-state index < -0.39 is 0 Å². The summed E-state index contributed by atoms with van der Waals surface area (Å²) in [5, 5.41) is 0.912. The van der Waals surface area contributed by atoms with Crippen molar-refractivity contribution in [2.24, 2.45) is 0 Å². The highest BCUT2D eigenvalue weighted by Gasteiger charge is 2.07. The van der Waals surface area contributed by atoms with Crippen LogP contribution in [0.15, 0.2) is 54.6 Å². The summed E-state index contributed by atoms with van der Waals surface area (Å²) in [5.74, 6) is 0. The number of hydrogen-bond donors (Lipinski definition) is 0. The third-order valence-electron chi connectivity index (χ3n) is 3.19. The van der Waals surface area contributed by atoms with Crippen LogP contribution in [0.25, 0.3) is 22.2 Å². The molecule has 1 aromatic heterocycles. The molecule has 0 N–H and O–H groups in total. The van der Waals surface area contributed by atoms with Crippen molar-refractivity contribution in [3.8, 4) is 11.3 Å². The van der Waals surface area contributed by atoms with Crippen LogP contribution in [0.1, 0.15) is 15.9 Å². The van der Waals surface area contributed by atoms with Crippen molar-refractivity contribution in [1.82, 2.24) is 4.98 Å². The van der Waals surface area contributed by atoms with E-state index in [9.17, 15) is 4.79 Å². The van der Waals surface area contributed by atoms with Crippen LogP contribution in [-0.2, 0) is 0 Å². The van der Waals surface area contributed by atoms with Gasteiger partial charge in [0.15, 0.2) is 6.29 Å². The molecule has 0 saturated carbocycles. The molecule has 0 spiro atoms. The van der Waals surface area contributed by atoms with Crippen molar-refractivity contribution in [3.05, 3.63) is 65.7 Å². The minimum Gasteiger partial charge on any atom is -0.298 e. The number of pyridine rings is 1. The SMILES string of the molecule is Cc1ccc2nc(-c3ccccc3)cc(C=O)c2c1. The number of aromatic nitrogens is 1. The zero-order valence-electron chi connectivity index (χ0n) is 10.6. The van der Waals surface area contributed by atoms with E-state index in [4.69, 9.17) is 0 Å². The zero-order chi connectivity index (χ0) is 13.2. The summed E-state index contributed by atoms with van der Waals surface area (Å²) < 4.78 is 0. The molecular weight excluding hydrogens is 234 g/mol. The lowest BCUT2D eigenvalue weighted by Gasteiger charge is -2.06. The average Bonchev–Trinajstić information content (AvgIpc) is 2.47. The maximum absolute atomic E-state index is 11.3. The number of aldehydes is 1. The van der Waals surface area contributed by atoms with Gasteiger partial charge in [-0.3, -0.25) is 4.79 Å². The summed E-state index contributed by atoms with van der Waals surface area (Å²) in [6.45, 7) is 2.01. The number of benzene rings is 2. The molecule has 92 valence electrons. The van der Waals surface area contributed by atoms with E-state index in [1.807, 2.05) is 61.5 Å². The van der Waals surface area contributed by atoms with E-state index in [1.54, 1.807) is 0 Å². The second kappa shape index (κ2) is 4.65. The molecule has 3 rings (SSSR count). The molecule has 0 bridgehead atoms. The van der Waals surface area contributed by atoms with Crippen molar-refractivity contribution in [1.29, 1.82) is 0 Å². The van der Waals surface area contributed by atoms with Crippen LogP contribution in [0.3, 0.4) is 0 Å². The predicted octanol–water partition coefficient (Wildman–Crippen LogP) is 4.02. The molecule has 2 heteroatoms. The molecule has 0 unspecified atom stereocenters. The van der Waals surface area contributed by atoms with Gasteiger partial charge in [0.1, 0.15) is 0 Å². The molecule has 0 atom stereocenters. The zero-order valence-corrected chi connectivity index (χ0v) is 10.6. The first-order valence-corrected chi connectivity index (χ1v) is 6.20. The monoisotopic (exact) mass is 247 g/mol. The molecule has 0 saturated heterocycles. The summed E-state index contributed by atoms with van der Waals surface area (Å²) in [7, 11) is 0. The maximum Gasteiger partial charge on any atom is 0.150 e. The highest BCUT2D eigenvalue weighted by atomic mass is 16.1. The lowest BCUT2D eigenvalue weighted by atomic mass is 10.0. The molecular formula is C17H13NO. The Balaban J connectivity index is 2.29. The minimum atomic E-state index is 0.688. The molecule has 19 heavy (non-hydrogen) atoms. The summed E-state index contributed by atoms with van der Waals surface area (Å²) in [6.07, 6.45) is 0.899. The van der Waals surface area contributed by atoms with Gasteiger partial charge in [-0.25, -0.2) is 4.98 Å². The van der Waals surface area contributed by atoms with Crippen LogP contribution in [0.2, 0.25) is 0 Å². The molecule has 0 fully saturated rings. The Bertz CT molecular complexity index is 748. The molecule has 0 aliphatic heterocycles. The van der Waals surface area contributed by atoms with Gasteiger partial charge < -0.3 is 0 Å². The van der Waals surface area contributed by atoms with Gasteiger partial charge in [-0.05, 0) is 25.1 Å². The topological polar surface area (TPSA) is 30.0 Å². The van der Waals surface area contributed by atoms with E-state index in [0.717, 1.165) is 34.0 Å². The first-order chi connectivity index (χ1) is 9.28. The van der Waals surface area contributed by atoms with Crippen LogP contribution < -0.4 is 0 Å². The fourth-order valence-corrected chi connectivity index (χ4v) is 2.22. The van der Waals surface area contributed by atoms with Crippen LogP contribution in [-0.4, -0.2) is 11.3 Å². The summed E-state index contributed by atoms with van der Waals surface area (Å²) in [4.78, 5) is 15.9. The molecule has 0 aliphatic rings. The number of nitrogens with zero attached hydrogens (tertiary/aromatic N) is 1. The lowest BCUT2D eigenvalue weighted by Crippen LogP contribution is -1.92.